The second kappa shape index (κ2) is 6.55. The topological polar surface area (TPSA) is 115 Å². The molecule has 2 rings (SSSR count). The molecule has 1 fully saturated rings. The lowest BCUT2D eigenvalue weighted by atomic mass is 10.5. The third-order valence-electron chi connectivity index (χ3n) is 2.56. The molecule has 2 atom stereocenters. The summed E-state index contributed by atoms with van der Waals surface area (Å²) in [7, 11) is 0. The molecular formula is C12H17N3O6. The van der Waals surface area contributed by atoms with Crippen molar-refractivity contribution >= 4 is 12.0 Å². The van der Waals surface area contributed by atoms with Gasteiger partial charge >= 0.3 is 11.8 Å². The maximum atomic E-state index is 11.7. The van der Waals surface area contributed by atoms with Gasteiger partial charge in [-0.3, -0.25) is 4.57 Å². The summed E-state index contributed by atoms with van der Waals surface area (Å²) in [4.78, 5) is 26.5. The minimum Gasteiger partial charge on any atom is -0.432 e. The van der Waals surface area contributed by atoms with E-state index in [0.29, 0.717) is 0 Å². The van der Waals surface area contributed by atoms with Crippen LogP contribution in [0.5, 0.6) is 0 Å². The van der Waals surface area contributed by atoms with Gasteiger partial charge in [-0.05, 0) is 19.9 Å². The van der Waals surface area contributed by atoms with Crippen LogP contribution in [-0.2, 0) is 18.9 Å². The van der Waals surface area contributed by atoms with E-state index in [0.717, 1.165) is 0 Å². The number of nitrogens with zero attached hydrogens (tertiary/aromatic N) is 2. The quantitative estimate of drug-likeness (QED) is 0.787. The Morgan fingerprint density at radius 1 is 1.62 bits per heavy atom. The zero-order chi connectivity index (χ0) is 15.4. The van der Waals surface area contributed by atoms with Crippen LogP contribution >= 0.6 is 0 Å². The van der Waals surface area contributed by atoms with Crippen LogP contribution in [-0.4, -0.2) is 41.3 Å². The Hall–Kier alpha value is -2.13. The van der Waals surface area contributed by atoms with Crippen LogP contribution in [0.3, 0.4) is 0 Å². The van der Waals surface area contributed by atoms with Crippen molar-refractivity contribution in [1.82, 2.24) is 9.55 Å². The van der Waals surface area contributed by atoms with E-state index < -0.39 is 24.4 Å². The molecule has 1 aliphatic heterocycles. The average molecular weight is 299 g/mol. The first-order chi connectivity index (χ1) is 9.95. The van der Waals surface area contributed by atoms with E-state index in [1.165, 1.54) is 16.8 Å². The Labute approximate surface area is 120 Å². The molecule has 0 bridgehead atoms. The van der Waals surface area contributed by atoms with E-state index in [1.807, 2.05) is 0 Å². The molecule has 9 heteroatoms. The Bertz CT molecular complexity index is 558. The molecule has 116 valence electrons. The molecule has 0 unspecified atom stereocenters. The number of anilines is 1. The predicted octanol–water partition coefficient (Wildman–Crippen LogP) is 0.259. The Balaban J connectivity index is 1.86. The molecule has 0 aromatic carbocycles. The van der Waals surface area contributed by atoms with Crippen molar-refractivity contribution in [3.63, 3.8) is 0 Å². The lowest BCUT2D eigenvalue weighted by Crippen LogP contribution is -2.29. The van der Waals surface area contributed by atoms with E-state index in [1.54, 1.807) is 13.8 Å². The molecule has 1 aliphatic rings. The van der Waals surface area contributed by atoms with Gasteiger partial charge in [-0.1, -0.05) is 0 Å². The monoisotopic (exact) mass is 299 g/mol. The molecule has 0 aliphatic carbocycles. The van der Waals surface area contributed by atoms with E-state index in [4.69, 9.17) is 24.7 Å². The van der Waals surface area contributed by atoms with Gasteiger partial charge in [0.25, 0.3) is 0 Å². The van der Waals surface area contributed by atoms with E-state index in [2.05, 4.69) is 4.98 Å². The first-order valence-electron chi connectivity index (χ1n) is 6.41. The van der Waals surface area contributed by atoms with Crippen LogP contribution in [0.2, 0.25) is 0 Å². The molecule has 0 saturated carbocycles. The van der Waals surface area contributed by atoms with Crippen molar-refractivity contribution in [1.29, 1.82) is 0 Å². The third-order valence-corrected chi connectivity index (χ3v) is 2.56. The van der Waals surface area contributed by atoms with Gasteiger partial charge < -0.3 is 24.7 Å². The second-order valence-corrected chi connectivity index (χ2v) is 4.62. The molecular weight excluding hydrogens is 282 g/mol. The summed E-state index contributed by atoms with van der Waals surface area (Å²) < 4.78 is 21.6. The molecule has 1 aromatic rings. The zero-order valence-corrected chi connectivity index (χ0v) is 11.7. The zero-order valence-electron chi connectivity index (χ0n) is 11.7. The molecule has 0 amide bonds. The number of carbonyl (C=O) groups excluding carboxylic acids is 1. The predicted molar refractivity (Wildman–Crippen MR) is 70.3 cm³/mol. The molecule has 2 N–H and O–H groups in total. The average Bonchev–Trinajstić information content (AvgIpc) is 2.84. The molecule has 0 radical (unpaired) electrons. The first-order valence-corrected chi connectivity index (χ1v) is 6.41. The molecule has 21 heavy (non-hydrogen) atoms. The van der Waals surface area contributed by atoms with Gasteiger partial charge in [0.2, 0.25) is 0 Å². The fraction of sp³-hybridized carbons (Fsp3) is 0.583. The summed E-state index contributed by atoms with van der Waals surface area (Å²) in [6.45, 7) is 3.43. The van der Waals surface area contributed by atoms with Crippen LogP contribution < -0.4 is 11.4 Å². The van der Waals surface area contributed by atoms with Crippen LogP contribution in [0.25, 0.3) is 0 Å². The lowest BCUT2D eigenvalue weighted by Gasteiger charge is -2.14. The summed E-state index contributed by atoms with van der Waals surface area (Å²) >= 11 is 0. The van der Waals surface area contributed by atoms with Gasteiger partial charge in [-0.15, -0.1) is 0 Å². The van der Waals surface area contributed by atoms with Crippen molar-refractivity contribution < 1.29 is 23.7 Å². The lowest BCUT2D eigenvalue weighted by molar-refractivity contribution is -0.109. The standard InChI is InChI=1S/C12H17N3O6/c1-7(2)20-12(17)19-6-10-18-5-9(21-10)15-4-3-8(13)14-11(15)16/h3-4,7,9-10H,5-6H2,1-2H3,(H2,13,14,16)/t9-,10-/m0/s1. The summed E-state index contributed by atoms with van der Waals surface area (Å²) in [6.07, 6.45) is -1.00. The molecule has 0 spiro atoms. The minimum atomic E-state index is -0.799. The maximum absolute atomic E-state index is 11.7. The van der Waals surface area contributed by atoms with Crippen molar-refractivity contribution in [2.75, 3.05) is 18.9 Å². The van der Waals surface area contributed by atoms with Gasteiger partial charge in [0, 0.05) is 6.20 Å². The van der Waals surface area contributed by atoms with Crippen LogP contribution in [0, 0.1) is 0 Å². The Morgan fingerprint density at radius 3 is 3.05 bits per heavy atom. The van der Waals surface area contributed by atoms with E-state index in [-0.39, 0.29) is 25.1 Å². The van der Waals surface area contributed by atoms with Gasteiger partial charge in [0.1, 0.15) is 12.4 Å². The number of hydrogen-bond acceptors (Lipinski definition) is 8. The van der Waals surface area contributed by atoms with E-state index in [9.17, 15) is 9.59 Å². The molecule has 2 heterocycles. The molecule has 9 nitrogen and oxygen atoms in total. The van der Waals surface area contributed by atoms with Gasteiger partial charge in [0.15, 0.2) is 12.5 Å². The van der Waals surface area contributed by atoms with Gasteiger partial charge in [0.05, 0.1) is 12.7 Å². The van der Waals surface area contributed by atoms with Gasteiger partial charge in [-0.25, -0.2) is 9.59 Å². The minimum absolute atomic E-state index is 0.126. The summed E-state index contributed by atoms with van der Waals surface area (Å²) in [6, 6.07) is 1.48. The summed E-state index contributed by atoms with van der Waals surface area (Å²) in [5.74, 6) is 0.131. The normalized spacial score (nSPS) is 21.5. The summed E-state index contributed by atoms with van der Waals surface area (Å²) in [5, 5.41) is 0. The largest absolute Gasteiger partial charge is 0.508 e. The van der Waals surface area contributed by atoms with Crippen molar-refractivity contribution in [2.24, 2.45) is 0 Å². The molecule has 1 saturated heterocycles. The maximum Gasteiger partial charge on any atom is 0.508 e. The highest BCUT2D eigenvalue weighted by Gasteiger charge is 2.29. The Kier molecular flexibility index (Phi) is 4.76. The Morgan fingerprint density at radius 2 is 2.38 bits per heavy atom. The number of hydrogen-bond donors (Lipinski definition) is 1. The third kappa shape index (κ3) is 4.17. The number of carbonyl (C=O) groups is 1. The number of rotatable bonds is 4. The molecule has 1 aromatic heterocycles. The SMILES string of the molecule is CC(C)OC(=O)OC[C@H]1OC[C@@H](n2ccc(N)nc2=O)O1. The van der Waals surface area contributed by atoms with E-state index >= 15 is 0 Å². The summed E-state index contributed by atoms with van der Waals surface area (Å²) in [5.41, 5.74) is 4.87. The smallest absolute Gasteiger partial charge is 0.432 e. The highest BCUT2D eigenvalue weighted by molar-refractivity contribution is 5.60. The fourth-order valence-electron chi connectivity index (χ4n) is 1.68. The van der Waals surface area contributed by atoms with Crippen LogP contribution in [0.15, 0.2) is 17.1 Å². The number of aromatic nitrogens is 2. The number of nitrogens with two attached hydrogens (primary N) is 1. The van der Waals surface area contributed by atoms with Crippen molar-refractivity contribution in [3.8, 4) is 0 Å². The highest BCUT2D eigenvalue weighted by Crippen LogP contribution is 2.19. The van der Waals surface area contributed by atoms with Crippen LogP contribution in [0.4, 0.5) is 10.6 Å². The number of ether oxygens (including phenoxy) is 4. The second-order valence-electron chi connectivity index (χ2n) is 4.62. The van der Waals surface area contributed by atoms with Crippen LogP contribution in [0.1, 0.15) is 20.1 Å². The van der Waals surface area contributed by atoms with Crippen molar-refractivity contribution in [3.05, 3.63) is 22.7 Å². The highest BCUT2D eigenvalue weighted by atomic mass is 16.8. The first kappa shape index (κ1) is 15.3. The fourth-order valence-corrected chi connectivity index (χ4v) is 1.68. The van der Waals surface area contributed by atoms with Gasteiger partial charge in [-0.2, -0.15) is 4.98 Å². The van der Waals surface area contributed by atoms with Crippen molar-refractivity contribution in [2.45, 2.75) is 32.5 Å². The number of nitrogen functional groups attached to an aromatic ring is 1.